The number of rotatable bonds is 4. The van der Waals surface area contributed by atoms with Crippen molar-refractivity contribution in [2.45, 2.75) is 13.5 Å². The Balaban J connectivity index is 1.96. The van der Waals surface area contributed by atoms with Gasteiger partial charge in [0.15, 0.2) is 0 Å². The summed E-state index contributed by atoms with van der Waals surface area (Å²) in [5, 5.41) is 11.7. The van der Waals surface area contributed by atoms with Crippen molar-refractivity contribution in [1.29, 1.82) is 0 Å². The van der Waals surface area contributed by atoms with Gasteiger partial charge in [-0.15, -0.1) is 11.3 Å². The minimum absolute atomic E-state index is 0.655. The monoisotopic (exact) mass is 290 g/mol. The third kappa shape index (κ3) is 2.54. The Morgan fingerprint density at radius 2 is 2.21 bits per heavy atom. The van der Waals surface area contributed by atoms with Crippen LogP contribution in [0.5, 0.6) is 0 Å². The van der Waals surface area contributed by atoms with Gasteiger partial charge in [-0.3, -0.25) is 0 Å². The number of aryl methyl sites for hydroxylation is 1. The summed E-state index contributed by atoms with van der Waals surface area (Å²) in [5.41, 5.74) is 1.27. The van der Waals surface area contributed by atoms with E-state index >= 15 is 0 Å². The number of fused-ring (bicyclic) bond motifs is 1. The van der Waals surface area contributed by atoms with E-state index in [1.807, 2.05) is 7.05 Å². The zero-order valence-electron chi connectivity index (χ0n) is 10.7. The Kier molecular flexibility index (Phi) is 3.35. The first kappa shape index (κ1) is 12.4. The fourth-order valence-corrected chi connectivity index (χ4v) is 3.42. The molecule has 6 heteroatoms. The van der Waals surface area contributed by atoms with Crippen molar-refractivity contribution >= 4 is 44.7 Å². The Labute approximate surface area is 119 Å². The molecule has 3 aromatic heterocycles. The zero-order chi connectivity index (χ0) is 13.2. The van der Waals surface area contributed by atoms with Gasteiger partial charge in [0.25, 0.3) is 0 Å². The molecule has 0 spiro atoms. The van der Waals surface area contributed by atoms with Crippen molar-refractivity contribution in [2.24, 2.45) is 0 Å². The van der Waals surface area contributed by atoms with E-state index in [4.69, 9.17) is 0 Å². The lowest BCUT2D eigenvalue weighted by Crippen LogP contribution is -2.04. The molecule has 0 atom stereocenters. The molecule has 0 bridgehead atoms. The van der Waals surface area contributed by atoms with Gasteiger partial charge in [0.05, 0.1) is 5.39 Å². The summed E-state index contributed by atoms with van der Waals surface area (Å²) in [5.74, 6) is 1.55. The van der Waals surface area contributed by atoms with E-state index in [2.05, 4.69) is 50.4 Å². The summed E-state index contributed by atoms with van der Waals surface area (Å²) in [6.45, 7) is 2.88. The highest BCUT2D eigenvalue weighted by Gasteiger charge is 2.09. The molecule has 0 aliphatic rings. The van der Waals surface area contributed by atoms with E-state index in [1.54, 1.807) is 22.7 Å². The molecule has 3 rings (SSSR count). The fourth-order valence-electron chi connectivity index (χ4n) is 1.87. The van der Waals surface area contributed by atoms with Crippen molar-refractivity contribution in [3.05, 3.63) is 33.3 Å². The average Bonchev–Trinajstić information content (AvgIpc) is 3.03. The minimum atomic E-state index is 0.655. The zero-order valence-corrected chi connectivity index (χ0v) is 12.4. The van der Waals surface area contributed by atoms with E-state index in [9.17, 15) is 0 Å². The second kappa shape index (κ2) is 5.14. The van der Waals surface area contributed by atoms with Gasteiger partial charge < -0.3 is 10.6 Å². The molecule has 98 valence electrons. The number of anilines is 2. The van der Waals surface area contributed by atoms with E-state index in [1.165, 1.54) is 10.4 Å². The Morgan fingerprint density at radius 3 is 2.95 bits per heavy atom. The number of nitrogens with one attached hydrogen (secondary N) is 2. The molecular formula is C13H14N4S2. The first-order valence-corrected chi connectivity index (χ1v) is 7.73. The predicted molar refractivity (Wildman–Crippen MR) is 83.3 cm³/mol. The van der Waals surface area contributed by atoms with Crippen molar-refractivity contribution < 1.29 is 0 Å². The summed E-state index contributed by atoms with van der Waals surface area (Å²) in [6, 6.07) is 4.25. The molecule has 19 heavy (non-hydrogen) atoms. The summed E-state index contributed by atoms with van der Waals surface area (Å²) in [4.78, 5) is 11.3. The predicted octanol–water partition coefficient (Wildman–Crippen LogP) is 3.72. The molecule has 4 nitrogen and oxygen atoms in total. The van der Waals surface area contributed by atoms with Gasteiger partial charge >= 0.3 is 0 Å². The largest absolute Gasteiger partial charge is 0.365 e. The highest BCUT2D eigenvalue weighted by Crippen LogP contribution is 2.29. The maximum Gasteiger partial charge on any atom is 0.225 e. The van der Waals surface area contributed by atoms with Crippen LogP contribution in [0.1, 0.15) is 10.4 Å². The topological polar surface area (TPSA) is 49.8 Å². The molecule has 0 amide bonds. The summed E-state index contributed by atoms with van der Waals surface area (Å²) >= 11 is 3.40. The van der Waals surface area contributed by atoms with E-state index in [0.29, 0.717) is 5.95 Å². The second-order valence-electron chi connectivity index (χ2n) is 4.21. The number of thiophene rings is 2. The normalized spacial score (nSPS) is 10.8. The molecule has 0 aliphatic carbocycles. The molecule has 0 aliphatic heterocycles. The van der Waals surface area contributed by atoms with Crippen LogP contribution in [-0.2, 0) is 6.54 Å². The van der Waals surface area contributed by atoms with Crippen LogP contribution in [0.4, 0.5) is 11.8 Å². The molecular weight excluding hydrogens is 276 g/mol. The lowest BCUT2D eigenvalue weighted by Gasteiger charge is -2.07. The smallest absolute Gasteiger partial charge is 0.225 e. The Morgan fingerprint density at radius 1 is 1.32 bits per heavy atom. The maximum absolute atomic E-state index is 4.51. The quantitative estimate of drug-likeness (QED) is 0.769. The molecule has 0 unspecified atom stereocenters. The maximum atomic E-state index is 4.51. The van der Waals surface area contributed by atoms with Crippen LogP contribution in [0, 0.1) is 6.92 Å². The molecule has 0 aromatic carbocycles. The van der Waals surface area contributed by atoms with E-state index in [-0.39, 0.29) is 0 Å². The first-order chi connectivity index (χ1) is 9.26. The molecule has 3 aromatic rings. The summed E-state index contributed by atoms with van der Waals surface area (Å²) in [7, 11) is 1.84. The highest BCUT2D eigenvalue weighted by atomic mass is 32.1. The van der Waals surface area contributed by atoms with Crippen LogP contribution < -0.4 is 10.6 Å². The SMILES string of the molecule is CNc1nc(NCc2ccsc2)c2cc(C)sc2n1. The van der Waals surface area contributed by atoms with E-state index < -0.39 is 0 Å². The number of aromatic nitrogens is 2. The van der Waals surface area contributed by atoms with Gasteiger partial charge in [-0.2, -0.15) is 16.3 Å². The number of nitrogens with zero attached hydrogens (tertiary/aromatic N) is 2. The molecule has 2 N–H and O–H groups in total. The van der Waals surface area contributed by atoms with Gasteiger partial charge in [0, 0.05) is 18.5 Å². The molecule has 0 saturated heterocycles. The first-order valence-electron chi connectivity index (χ1n) is 5.97. The second-order valence-corrected chi connectivity index (χ2v) is 6.22. The molecule has 0 saturated carbocycles. The fraction of sp³-hybridized carbons (Fsp3) is 0.231. The van der Waals surface area contributed by atoms with Crippen LogP contribution in [0.3, 0.4) is 0 Å². The van der Waals surface area contributed by atoms with Gasteiger partial charge in [0.1, 0.15) is 10.6 Å². The molecule has 3 heterocycles. The number of hydrogen-bond acceptors (Lipinski definition) is 6. The van der Waals surface area contributed by atoms with Gasteiger partial charge in [0.2, 0.25) is 5.95 Å². The average molecular weight is 290 g/mol. The van der Waals surface area contributed by atoms with Gasteiger partial charge in [-0.25, -0.2) is 4.98 Å². The summed E-state index contributed by atoms with van der Waals surface area (Å²) in [6.07, 6.45) is 0. The number of hydrogen-bond donors (Lipinski definition) is 2. The Hall–Kier alpha value is -1.66. The van der Waals surface area contributed by atoms with Crippen molar-refractivity contribution in [1.82, 2.24) is 9.97 Å². The highest BCUT2D eigenvalue weighted by molar-refractivity contribution is 7.18. The van der Waals surface area contributed by atoms with E-state index in [0.717, 1.165) is 22.6 Å². The van der Waals surface area contributed by atoms with Crippen molar-refractivity contribution in [3.63, 3.8) is 0 Å². The van der Waals surface area contributed by atoms with Crippen molar-refractivity contribution in [2.75, 3.05) is 17.7 Å². The summed E-state index contributed by atoms with van der Waals surface area (Å²) < 4.78 is 0. The third-order valence-corrected chi connectivity index (χ3v) is 4.46. The van der Waals surface area contributed by atoms with Crippen LogP contribution in [0.25, 0.3) is 10.2 Å². The van der Waals surface area contributed by atoms with Gasteiger partial charge in [-0.05, 0) is 35.4 Å². The lowest BCUT2D eigenvalue weighted by molar-refractivity contribution is 1.11. The Bertz CT molecular complexity index is 688. The molecule has 0 radical (unpaired) electrons. The minimum Gasteiger partial charge on any atom is -0.365 e. The molecule has 0 fully saturated rings. The standard InChI is InChI=1S/C13H14N4S2/c1-8-5-10-11(15-6-9-3-4-18-7-9)16-13(14-2)17-12(10)19-8/h3-5,7H,6H2,1-2H3,(H2,14,15,16,17). The van der Waals surface area contributed by atoms with Crippen LogP contribution >= 0.6 is 22.7 Å². The van der Waals surface area contributed by atoms with Gasteiger partial charge in [-0.1, -0.05) is 0 Å². The van der Waals surface area contributed by atoms with Crippen LogP contribution in [0.2, 0.25) is 0 Å². The third-order valence-electron chi connectivity index (χ3n) is 2.78. The van der Waals surface area contributed by atoms with Crippen LogP contribution in [-0.4, -0.2) is 17.0 Å². The van der Waals surface area contributed by atoms with Crippen LogP contribution in [0.15, 0.2) is 22.9 Å². The lowest BCUT2D eigenvalue weighted by atomic mass is 10.3. The van der Waals surface area contributed by atoms with Crippen molar-refractivity contribution in [3.8, 4) is 0 Å².